The number of ether oxygens (including phenoxy) is 2. The summed E-state index contributed by atoms with van der Waals surface area (Å²) in [7, 11) is 1.28. The van der Waals surface area contributed by atoms with Crippen LogP contribution in [-0.4, -0.2) is 52.6 Å². The fraction of sp³-hybridized carbons (Fsp3) is 0.292. The minimum absolute atomic E-state index is 0.0360. The molecule has 2 aromatic heterocycles. The molecule has 10 nitrogen and oxygen atoms in total. The number of amides is 2. The highest BCUT2D eigenvalue weighted by atomic mass is 35.5. The van der Waals surface area contributed by atoms with E-state index in [4.69, 9.17) is 21.1 Å². The summed E-state index contributed by atoms with van der Waals surface area (Å²) < 4.78 is 50.8. The van der Waals surface area contributed by atoms with E-state index in [0.29, 0.717) is 0 Å². The third kappa shape index (κ3) is 6.11. The number of aromatic nitrogens is 3. The minimum atomic E-state index is -4.62. The van der Waals surface area contributed by atoms with Crippen LogP contribution in [0.3, 0.4) is 0 Å². The van der Waals surface area contributed by atoms with E-state index in [9.17, 15) is 22.8 Å². The number of carbonyl (C=O) groups excluding carboxylic acids is 2. The van der Waals surface area contributed by atoms with E-state index in [2.05, 4.69) is 30.9 Å². The maximum atomic E-state index is 13.5. The Morgan fingerprint density at radius 2 is 1.95 bits per heavy atom. The zero-order valence-electron chi connectivity index (χ0n) is 19.9. The molecule has 3 heterocycles. The van der Waals surface area contributed by atoms with Crippen molar-refractivity contribution < 1.29 is 32.2 Å². The molecule has 0 aliphatic carbocycles. The first kappa shape index (κ1) is 27.1. The number of hydrogen-bond acceptors (Lipinski definition) is 8. The normalized spacial score (nSPS) is 17.1. The van der Waals surface area contributed by atoms with E-state index in [1.807, 2.05) is 0 Å². The number of halogens is 4. The van der Waals surface area contributed by atoms with Crippen molar-refractivity contribution in [3.8, 4) is 5.75 Å². The zero-order chi connectivity index (χ0) is 27.3. The Bertz CT molecular complexity index is 1320. The average molecular weight is 551 g/mol. The largest absolute Gasteiger partial charge is 0.497 e. The molecule has 14 heteroatoms. The van der Waals surface area contributed by atoms with Crippen LogP contribution in [0.2, 0.25) is 5.02 Å². The average Bonchev–Trinajstić information content (AvgIpc) is 3.38. The van der Waals surface area contributed by atoms with Crippen molar-refractivity contribution in [3.63, 3.8) is 0 Å². The summed E-state index contributed by atoms with van der Waals surface area (Å²) >= 11 is 6.31. The lowest BCUT2D eigenvalue weighted by atomic mass is 9.96. The number of anilines is 2. The zero-order valence-corrected chi connectivity index (χ0v) is 20.7. The molecule has 2 amide bonds. The molecule has 38 heavy (non-hydrogen) atoms. The number of nitrogens with zero attached hydrogens (tertiary/aromatic N) is 3. The molecule has 3 N–H and O–H groups in total. The lowest BCUT2D eigenvalue weighted by Crippen LogP contribution is -2.59. The Kier molecular flexibility index (Phi) is 7.97. The quantitative estimate of drug-likeness (QED) is 0.389. The summed E-state index contributed by atoms with van der Waals surface area (Å²) in [5, 5.41) is 8.17. The van der Waals surface area contributed by atoms with E-state index in [0.717, 1.165) is 6.07 Å². The van der Waals surface area contributed by atoms with Crippen molar-refractivity contribution in [2.75, 3.05) is 25.6 Å². The molecule has 0 radical (unpaired) electrons. The van der Waals surface area contributed by atoms with Crippen LogP contribution in [0.4, 0.5) is 24.5 Å². The number of pyridine rings is 1. The lowest BCUT2D eigenvalue weighted by molar-refractivity contribution is -0.137. The van der Waals surface area contributed by atoms with Crippen LogP contribution in [0, 0.1) is 0 Å². The van der Waals surface area contributed by atoms with Crippen LogP contribution in [0.1, 0.15) is 28.0 Å². The van der Waals surface area contributed by atoms with Crippen molar-refractivity contribution in [2.45, 2.75) is 24.7 Å². The molecule has 0 saturated carbocycles. The number of alkyl halides is 3. The third-order valence-corrected chi connectivity index (χ3v) is 6.10. The fourth-order valence-electron chi connectivity index (χ4n) is 3.75. The molecule has 1 fully saturated rings. The highest BCUT2D eigenvalue weighted by Gasteiger charge is 2.44. The molecule has 200 valence electrons. The van der Waals surface area contributed by atoms with Gasteiger partial charge in [-0.25, -0.2) is 9.97 Å². The van der Waals surface area contributed by atoms with Crippen LogP contribution >= 0.6 is 11.6 Å². The summed E-state index contributed by atoms with van der Waals surface area (Å²) in [5.41, 5.74) is -1.78. The summed E-state index contributed by atoms with van der Waals surface area (Å²) in [5.74, 6) is -0.980. The molecule has 0 spiro atoms. The molecular formula is C24H22ClF3N6O4. The van der Waals surface area contributed by atoms with Crippen molar-refractivity contribution in [1.29, 1.82) is 0 Å². The summed E-state index contributed by atoms with van der Waals surface area (Å²) in [6, 6.07) is 4.91. The van der Waals surface area contributed by atoms with Crippen molar-refractivity contribution in [2.24, 2.45) is 0 Å². The monoisotopic (exact) mass is 550 g/mol. The van der Waals surface area contributed by atoms with Gasteiger partial charge in [0, 0.05) is 25.4 Å². The Morgan fingerprint density at radius 3 is 2.58 bits per heavy atom. The van der Waals surface area contributed by atoms with Gasteiger partial charge in [-0.2, -0.15) is 13.2 Å². The molecular weight excluding hydrogens is 529 g/mol. The van der Waals surface area contributed by atoms with Gasteiger partial charge in [0.05, 0.1) is 59.7 Å². The van der Waals surface area contributed by atoms with Gasteiger partial charge in [0.2, 0.25) is 5.91 Å². The fourth-order valence-corrected chi connectivity index (χ4v) is 3.99. The van der Waals surface area contributed by atoms with Crippen molar-refractivity contribution in [3.05, 3.63) is 71.0 Å². The maximum absolute atomic E-state index is 13.5. The van der Waals surface area contributed by atoms with Crippen LogP contribution in [-0.2, 0) is 22.3 Å². The Morgan fingerprint density at radius 1 is 1.18 bits per heavy atom. The Labute approximate surface area is 219 Å². The Hall–Kier alpha value is -3.97. The highest BCUT2D eigenvalue weighted by Crippen LogP contribution is 2.38. The third-order valence-electron chi connectivity index (χ3n) is 5.78. The van der Waals surface area contributed by atoms with Gasteiger partial charge in [-0.05, 0) is 24.3 Å². The van der Waals surface area contributed by atoms with Crippen LogP contribution in [0.5, 0.6) is 5.75 Å². The lowest BCUT2D eigenvalue weighted by Gasteiger charge is -2.27. The molecule has 1 saturated heterocycles. The summed E-state index contributed by atoms with van der Waals surface area (Å²) in [4.78, 5) is 37.5. The molecule has 1 aliphatic heterocycles. The maximum Gasteiger partial charge on any atom is 0.418 e. The van der Waals surface area contributed by atoms with Crippen LogP contribution in [0.15, 0.2) is 49.2 Å². The predicted molar refractivity (Wildman–Crippen MR) is 130 cm³/mol. The standard InChI is InChI=1S/C24H22ClF3N6O4/c1-37-16-2-3-19(17(7-16)24(26,27)28)33-15-6-18(25)20(31-10-15)11-32-22(36)23(4-5-38-12-23)34-21(35)14-8-29-13-30-9-14/h2-3,6-10,13,33H,4-5,11-12H2,1H3,(H,32,36)(H,34,35). The predicted octanol–water partition coefficient (Wildman–Crippen LogP) is 3.50. The van der Waals surface area contributed by atoms with Gasteiger partial charge in [0.25, 0.3) is 5.91 Å². The van der Waals surface area contributed by atoms with Crippen LogP contribution in [0.25, 0.3) is 0 Å². The van der Waals surface area contributed by atoms with E-state index < -0.39 is 29.1 Å². The highest BCUT2D eigenvalue weighted by molar-refractivity contribution is 6.31. The van der Waals surface area contributed by atoms with Gasteiger partial charge in [-0.15, -0.1) is 0 Å². The first-order chi connectivity index (χ1) is 18.1. The summed E-state index contributed by atoms with van der Waals surface area (Å²) in [6.45, 7) is 0.135. The van der Waals surface area contributed by atoms with Gasteiger partial charge in [0.15, 0.2) is 0 Å². The van der Waals surface area contributed by atoms with Gasteiger partial charge in [-0.3, -0.25) is 14.6 Å². The van der Waals surface area contributed by atoms with E-state index >= 15 is 0 Å². The van der Waals surface area contributed by atoms with Crippen molar-refractivity contribution >= 4 is 34.8 Å². The molecule has 1 aromatic carbocycles. The molecule has 3 aromatic rings. The topological polar surface area (TPSA) is 127 Å². The number of hydrogen-bond donors (Lipinski definition) is 3. The SMILES string of the molecule is COc1ccc(Nc2cnc(CNC(=O)C3(NC(=O)c4cncnc4)CCOC3)c(Cl)c2)c(C(F)(F)F)c1. The Balaban J connectivity index is 1.44. The van der Waals surface area contributed by atoms with Gasteiger partial charge >= 0.3 is 6.18 Å². The molecule has 4 rings (SSSR count). The molecule has 0 bridgehead atoms. The second-order valence-corrected chi connectivity index (χ2v) is 8.74. The van der Waals surface area contributed by atoms with Gasteiger partial charge in [0.1, 0.15) is 17.6 Å². The first-order valence-electron chi connectivity index (χ1n) is 11.2. The number of methoxy groups -OCH3 is 1. The second kappa shape index (κ2) is 11.2. The molecule has 1 unspecified atom stereocenters. The smallest absolute Gasteiger partial charge is 0.418 e. The van der Waals surface area contributed by atoms with Gasteiger partial charge in [-0.1, -0.05) is 11.6 Å². The number of rotatable bonds is 8. The molecule has 1 atom stereocenters. The number of benzene rings is 1. The minimum Gasteiger partial charge on any atom is -0.497 e. The summed E-state index contributed by atoms with van der Waals surface area (Å²) in [6.07, 6.45) is 0.844. The number of nitrogens with one attached hydrogen (secondary N) is 3. The van der Waals surface area contributed by atoms with E-state index in [1.165, 1.54) is 50.2 Å². The van der Waals surface area contributed by atoms with E-state index in [1.54, 1.807) is 0 Å². The number of carbonyl (C=O) groups is 2. The van der Waals surface area contributed by atoms with Crippen molar-refractivity contribution in [1.82, 2.24) is 25.6 Å². The van der Waals surface area contributed by atoms with Gasteiger partial charge < -0.3 is 25.4 Å². The molecule has 1 aliphatic rings. The first-order valence-corrected chi connectivity index (χ1v) is 11.6. The van der Waals surface area contributed by atoms with Crippen LogP contribution < -0.4 is 20.7 Å². The second-order valence-electron chi connectivity index (χ2n) is 8.34. The van der Waals surface area contributed by atoms with E-state index in [-0.39, 0.29) is 59.6 Å².